The van der Waals surface area contributed by atoms with E-state index >= 15 is 0 Å². The molecule has 0 spiro atoms. The van der Waals surface area contributed by atoms with Crippen LogP contribution in [0.5, 0.6) is 0 Å². The summed E-state index contributed by atoms with van der Waals surface area (Å²) >= 11 is 1.55. The van der Waals surface area contributed by atoms with Gasteiger partial charge in [0.2, 0.25) is 0 Å². The van der Waals surface area contributed by atoms with Crippen molar-refractivity contribution in [2.24, 2.45) is 0 Å². The Balaban J connectivity index is 1.68. The molecule has 1 aliphatic heterocycles. The van der Waals surface area contributed by atoms with Crippen LogP contribution in [0.1, 0.15) is 26.2 Å². The van der Waals surface area contributed by atoms with Gasteiger partial charge in [-0.15, -0.1) is 16.9 Å². The van der Waals surface area contributed by atoms with E-state index in [2.05, 4.69) is 20.7 Å². The second-order valence-electron chi connectivity index (χ2n) is 4.45. The molecule has 0 aliphatic carbocycles. The summed E-state index contributed by atoms with van der Waals surface area (Å²) in [5.41, 5.74) is -0.642. The largest absolute Gasteiger partial charge is 0.365 e. The van der Waals surface area contributed by atoms with E-state index < -0.39 is 5.60 Å². The van der Waals surface area contributed by atoms with E-state index in [4.69, 9.17) is 4.74 Å². The maximum atomic E-state index is 12.0. The zero-order valence-electron chi connectivity index (χ0n) is 10.4. The van der Waals surface area contributed by atoms with Crippen LogP contribution in [0.4, 0.5) is 0 Å². The fourth-order valence-electron chi connectivity index (χ4n) is 1.88. The Labute approximate surface area is 110 Å². The SMILES string of the molecule is C[C@]1(C(=O)NCCSc2cn[nH]n2)CCCCO1. The molecule has 1 fully saturated rings. The first-order valence-corrected chi connectivity index (χ1v) is 7.10. The van der Waals surface area contributed by atoms with Gasteiger partial charge in [0.25, 0.3) is 5.91 Å². The zero-order valence-corrected chi connectivity index (χ0v) is 11.3. The third kappa shape index (κ3) is 3.46. The summed E-state index contributed by atoms with van der Waals surface area (Å²) in [6.07, 6.45) is 4.57. The highest BCUT2D eigenvalue weighted by Crippen LogP contribution is 2.24. The number of amides is 1. The Morgan fingerprint density at radius 2 is 2.56 bits per heavy atom. The first-order chi connectivity index (χ1) is 8.71. The summed E-state index contributed by atoms with van der Waals surface area (Å²) in [7, 11) is 0. The van der Waals surface area contributed by atoms with E-state index in [9.17, 15) is 4.79 Å². The van der Waals surface area contributed by atoms with Gasteiger partial charge in [-0.1, -0.05) is 0 Å². The minimum Gasteiger partial charge on any atom is -0.365 e. The number of aromatic nitrogens is 3. The lowest BCUT2D eigenvalue weighted by atomic mass is 9.95. The minimum atomic E-state index is -0.642. The number of ether oxygens (including phenoxy) is 1. The number of hydrogen-bond donors (Lipinski definition) is 2. The number of hydrogen-bond acceptors (Lipinski definition) is 5. The number of nitrogens with zero attached hydrogens (tertiary/aromatic N) is 2. The Kier molecular flexibility index (Phi) is 4.60. The Morgan fingerprint density at radius 3 is 3.22 bits per heavy atom. The summed E-state index contributed by atoms with van der Waals surface area (Å²) in [6, 6.07) is 0. The molecule has 0 radical (unpaired) electrons. The van der Waals surface area contributed by atoms with Gasteiger partial charge < -0.3 is 10.1 Å². The summed E-state index contributed by atoms with van der Waals surface area (Å²) < 4.78 is 5.58. The fraction of sp³-hybridized carbons (Fsp3) is 0.727. The molecule has 0 bridgehead atoms. The second kappa shape index (κ2) is 6.19. The quantitative estimate of drug-likeness (QED) is 0.615. The first kappa shape index (κ1) is 13.4. The lowest BCUT2D eigenvalue weighted by Crippen LogP contribution is -2.48. The van der Waals surface area contributed by atoms with E-state index in [-0.39, 0.29) is 5.91 Å². The Morgan fingerprint density at radius 1 is 1.67 bits per heavy atom. The highest BCUT2D eigenvalue weighted by atomic mass is 32.2. The van der Waals surface area contributed by atoms with Gasteiger partial charge in [-0.05, 0) is 26.2 Å². The van der Waals surface area contributed by atoms with Crippen LogP contribution in [0.15, 0.2) is 11.2 Å². The Hall–Kier alpha value is -1.08. The van der Waals surface area contributed by atoms with E-state index in [0.29, 0.717) is 13.2 Å². The molecule has 1 atom stereocenters. The van der Waals surface area contributed by atoms with Gasteiger partial charge in [0, 0.05) is 18.9 Å². The van der Waals surface area contributed by atoms with Crippen molar-refractivity contribution in [2.75, 3.05) is 18.9 Å². The van der Waals surface area contributed by atoms with Gasteiger partial charge in [0.15, 0.2) is 0 Å². The minimum absolute atomic E-state index is 0.0112. The molecule has 18 heavy (non-hydrogen) atoms. The standard InChI is InChI=1S/C11H18N4O2S/c1-11(4-2-3-6-17-11)10(16)12-5-7-18-9-8-13-15-14-9/h8H,2-7H2,1H3,(H,12,16)(H,13,14,15)/t11-/m1/s1. The number of nitrogens with one attached hydrogen (secondary N) is 2. The van der Waals surface area contributed by atoms with Crippen LogP contribution < -0.4 is 5.32 Å². The van der Waals surface area contributed by atoms with E-state index in [0.717, 1.165) is 30.0 Å². The van der Waals surface area contributed by atoms with Crippen molar-refractivity contribution in [2.45, 2.75) is 36.8 Å². The number of carbonyl (C=O) groups excluding carboxylic acids is 1. The zero-order chi connectivity index (χ0) is 12.8. The molecular formula is C11H18N4O2S. The number of thioether (sulfide) groups is 1. The number of H-pyrrole nitrogens is 1. The van der Waals surface area contributed by atoms with Gasteiger partial charge in [-0.2, -0.15) is 10.3 Å². The van der Waals surface area contributed by atoms with E-state index in [1.807, 2.05) is 6.92 Å². The molecule has 6 nitrogen and oxygen atoms in total. The second-order valence-corrected chi connectivity index (χ2v) is 5.56. The molecule has 2 N–H and O–H groups in total. The molecule has 7 heteroatoms. The molecule has 0 saturated carbocycles. The van der Waals surface area contributed by atoms with E-state index in [1.165, 1.54) is 0 Å². The van der Waals surface area contributed by atoms with Crippen LogP contribution in [-0.2, 0) is 9.53 Å². The smallest absolute Gasteiger partial charge is 0.251 e. The molecule has 0 unspecified atom stereocenters. The highest BCUT2D eigenvalue weighted by Gasteiger charge is 2.35. The van der Waals surface area contributed by atoms with Gasteiger partial charge >= 0.3 is 0 Å². The summed E-state index contributed by atoms with van der Waals surface area (Å²) in [4.78, 5) is 12.0. The predicted octanol–water partition coefficient (Wildman–Crippen LogP) is 0.972. The van der Waals surface area contributed by atoms with Crippen LogP contribution in [0, 0.1) is 0 Å². The number of rotatable bonds is 5. The molecule has 2 heterocycles. The van der Waals surface area contributed by atoms with Crippen molar-refractivity contribution in [1.82, 2.24) is 20.7 Å². The molecule has 1 aliphatic rings. The molecule has 100 valence electrons. The summed E-state index contributed by atoms with van der Waals surface area (Å²) in [6.45, 7) is 3.15. The van der Waals surface area contributed by atoms with Crippen molar-refractivity contribution in [1.29, 1.82) is 0 Å². The van der Waals surface area contributed by atoms with E-state index in [1.54, 1.807) is 18.0 Å². The van der Waals surface area contributed by atoms with Crippen molar-refractivity contribution in [3.05, 3.63) is 6.20 Å². The average Bonchev–Trinajstić information content (AvgIpc) is 2.88. The molecule has 1 saturated heterocycles. The normalized spacial score (nSPS) is 23.8. The fourth-order valence-corrected chi connectivity index (χ4v) is 2.53. The van der Waals surface area contributed by atoms with Gasteiger partial charge in [0.05, 0.1) is 6.20 Å². The lowest BCUT2D eigenvalue weighted by molar-refractivity contribution is -0.150. The molecule has 0 aromatic carbocycles. The molecule has 1 aromatic heterocycles. The third-order valence-electron chi connectivity index (χ3n) is 2.98. The molecule has 1 amide bonds. The average molecular weight is 270 g/mol. The maximum absolute atomic E-state index is 12.0. The van der Waals surface area contributed by atoms with Crippen LogP contribution in [0.2, 0.25) is 0 Å². The molecule has 1 aromatic rings. The number of aromatic amines is 1. The lowest BCUT2D eigenvalue weighted by Gasteiger charge is -2.32. The van der Waals surface area contributed by atoms with Crippen molar-refractivity contribution in [3.63, 3.8) is 0 Å². The van der Waals surface area contributed by atoms with Gasteiger partial charge in [-0.3, -0.25) is 4.79 Å². The summed E-state index contributed by atoms with van der Waals surface area (Å²) in [5.74, 6) is 0.761. The van der Waals surface area contributed by atoms with Gasteiger partial charge in [-0.25, -0.2) is 0 Å². The maximum Gasteiger partial charge on any atom is 0.251 e. The van der Waals surface area contributed by atoms with Crippen molar-refractivity contribution in [3.8, 4) is 0 Å². The summed E-state index contributed by atoms with van der Waals surface area (Å²) in [5, 5.41) is 13.9. The van der Waals surface area contributed by atoms with Crippen molar-refractivity contribution >= 4 is 17.7 Å². The molecular weight excluding hydrogens is 252 g/mol. The monoisotopic (exact) mass is 270 g/mol. The first-order valence-electron chi connectivity index (χ1n) is 6.11. The van der Waals surface area contributed by atoms with Crippen molar-refractivity contribution < 1.29 is 9.53 Å². The Bertz CT molecular complexity index is 376. The molecule has 2 rings (SSSR count). The van der Waals surface area contributed by atoms with Gasteiger partial charge in [0.1, 0.15) is 10.6 Å². The van der Waals surface area contributed by atoms with Crippen LogP contribution in [0.3, 0.4) is 0 Å². The highest BCUT2D eigenvalue weighted by molar-refractivity contribution is 7.99. The van der Waals surface area contributed by atoms with Crippen LogP contribution in [-0.4, -0.2) is 45.8 Å². The topological polar surface area (TPSA) is 79.9 Å². The van der Waals surface area contributed by atoms with Crippen LogP contribution >= 0.6 is 11.8 Å². The van der Waals surface area contributed by atoms with Crippen LogP contribution in [0.25, 0.3) is 0 Å². The number of carbonyl (C=O) groups is 1. The third-order valence-corrected chi connectivity index (χ3v) is 3.88. The predicted molar refractivity (Wildman–Crippen MR) is 68.3 cm³/mol.